The van der Waals surface area contributed by atoms with E-state index >= 15 is 0 Å². The molecule has 2 heterocycles. The first-order valence-electron chi connectivity index (χ1n) is 8.23. The zero-order valence-electron chi connectivity index (χ0n) is 13.9. The minimum Gasteiger partial charge on any atom is -0.406 e. The minimum atomic E-state index is -4.75. The number of halogens is 3. The van der Waals surface area contributed by atoms with Crippen LogP contribution in [0, 0.1) is 0 Å². The van der Waals surface area contributed by atoms with Gasteiger partial charge in [0, 0.05) is 17.5 Å². The number of piperidine rings is 1. The molecule has 5 nitrogen and oxygen atoms in total. The molecule has 1 saturated heterocycles. The van der Waals surface area contributed by atoms with Crippen molar-refractivity contribution in [3.05, 3.63) is 40.9 Å². The highest BCUT2D eigenvalue weighted by atomic mass is 32.1. The van der Waals surface area contributed by atoms with Gasteiger partial charge in [-0.1, -0.05) is 6.42 Å². The third-order valence-electron chi connectivity index (χ3n) is 3.96. The number of benzene rings is 1. The molecule has 2 aromatic rings. The second kappa shape index (κ2) is 8.05. The van der Waals surface area contributed by atoms with Crippen LogP contribution in [0.2, 0.25) is 0 Å². The summed E-state index contributed by atoms with van der Waals surface area (Å²) in [5.74, 6) is -0.797. The Morgan fingerprint density at radius 2 is 1.88 bits per heavy atom. The summed E-state index contributed by atoms with van der Waals surface area (Å²) in [6.45, 7) is 2.88. The maximum atomic E-state index is 12.2. The number of hydrogen-bond donors (Lipinski definition) is 1. The topological polar surface area (TPSA) is 54.5 Å². The number of thiazole rings is 1. The predicted molar refractivity (Wildman–Crippen MR) is 92.3 cm³/mol. The van der Waals surface area contributed by atoms with Gasteiger partial charge < -0.3 is 4.74 Å². The lowest BCUT2D eigenvalue weighted by atomic mass is 10.1. The largest absolute Gasteiger partial charge is 0.573 e. The molecule has 1 aromatic carbocycles. The Bertz CT molecular complexity index is 740. The smallest absolute Gasteiger partial charge is 0.406 e. The molecular formula is C17H18F3N3O2S. The van der Waals surface area contributed by atoms with Gasteiger partial charge in [0.1, 0.15) is 5.75 Å². The molecule has 1 fully saturated rings. The molecule has 0 radical (unpaired) electrons. The van der Waals surface area contributed by atoms with Gasteiger partial charge in [0.2, 0.25) is 0 Å². The summed E-state index contributed by atoms with van der Waals surface area (Å²) in [7, 11) is 0. The quantitative estimate of drug-likeness (QED) is 0.835. The molecule has 9 heteroatoms. The highest BCUT2D eigenvalue weighted by Gasteiger charge is 2.31. The lowest BCUT2D eigenvalue weighted by Crippen LogP contribution is -2.29. The molecule has 1 N–H and O–H groups in total. The van der Waals surface area contributed by atoms with E-state index in [0.29, 0.717) is 5.13 Å². The third-order valence-corrected chi connectivity index (χ3v) is 4.76. The summed E-state index contributed by atoms with van der Waals surface area (Å²) in [5.41, 5.74) is 1.13. The molecule has 0 aliphatic carbocycles. The first kappa shape index (κ1) is 18.7. The fraction of sp³-hybridized carbons (Fsp3) is 0.412. The predicted octanol–water partition coefficient (Wildman–Crippen LogP) is 4.28. The van der Waals surface area contributed by atoms with Crippen LogP contribution in [0.5, 0.6) is 5.75 Å². The Morgan fingerprint density at radius 1 is 1.19 bits per heavy atom. The number of hydrogen-bond acceptors (Lipinski definition) is 5. The van der Waals surface area contributed by atoms with Gasteiger partial charge in [-0.05, 0) is 50.2 Å². The zero-order valence-corrected chi connectivity index (χ0v) is 14.7. The highest BCUT2D eigenvalue weighted by molar-refractivity contribution is 7.13. The summed E-state index contributed by atoms with van der Waals surface area (Å²) in [5, 5.41) is 5.05. The SMILES string of the molecule is O=C(Nc1nc(CN2CCCCC2)cs1)c1ccc(OC(F)(F)F)cc1. The van der Waals surface area contributed by atoms with Crippen LogP contribution in [0.15, 0.2) is 29.6 Å². The van der Waals surface area contributed by atoms with Gasteiger partial charge in [-0.3, -0.25) is 15.0 Å². The van der Waals surface area contributed by atoms with E-state index in [2.05, 4.69) is 19.9 Å². The van der Waals surface area contributed by atoms with Crippen molar-refractivity contribution in [1.29, 1.82) is 0 Å². The Balaban J connectivity index is 1.56. The van der Waals surface area contributed by atoms with Crippen molar-refractivity contribution < 1.29 is 22.7 Å². The van der Waals surface area contributed by atoms with Crippen molar-refractivity contribution >= 4 is 22.4 Å². The second-order valence-electron chi connectivity index (χ2n) is 6.01. The van der Waals surface area contributed by atoms with Gasteiger partial charge in [0.25, 0.3) is 5.91 Å². The van der Waals surface area contributed by atoms with Crippen LogP contribution in [0.25, 0.3) is 0 Å². The number of rotatable bonds is 5. The molecule has 0 saturated carbocycles. The van der Waals surface area contributed by atoms with Crippen LogP contribution in [0.3, 0.4) is 0 Å². The fourth-order valence-corrected chi connectivity index (χ4v) is 3.46. The van der Waals surface area contributed by atoms with Gasteiger partial charge in [-0.25, -0.2) is 4.98 Å². The molecular weight excluding hydrogens is 367 g/mol. The maximum absolute atomic E-state index is 12.2. The van der Waals surface area contributed by atoms with E-state index in [0.717, 1.165) is 37.5 Å². The molecule has 0 atom stereocenters. The van der Waals surface area contributed by atoms with E-state index in [9.17, 15) is 18.0 Å². The number of nitrogens with zero attached hydrogens (tertiary/aromatic N) is 2. The summed E-state index contributed by atoms with van der Waals surface area (Å²) in [4.78, 5) is 18.9. The highest BCUT2D eigenvalue weighted by Crippen LogP contribution is 2.23. The van der Waals surface area contributed by atoms with Crippen molar-refractivity contribution in [3.63, 3.8) is 0 Å². The van der Waals surface area contributed by atoms with E-state index in [1.807, 2.05) is 5.38 Å². The van der Waals surface area contributed by atoms with E-state index in [1.54, 1.807) is 0 Å². The average Bonchev–Trinajstić information content (AvgIpc) is 3.02. The number of carbonyl (C=O) groups is 1. The van der Waals surface area contributed by atoms with Crippen molar-refractivity contribution in [2.75, 3.05) is 18.4 Å². The maximum Gasteiger partial charge on any atom is 0.573 e. The standard InChI is InChI=1S/C17H18F3N3O2S/c18-17(19,20)25-14-6-4-12(5-7-14)15(24)22-16-21-13(11-26-16)10-23-8-2-1-3-9-23/h4-7,11H,1-3,8-10H2,(H,21,22,24). The molecule has 0 spiro atoms. The molecule has 1 aliphatic heterocycles. The Labute approximate surface area is 152 Å². The molecule has 3 rings (SSSR count). The van der Waals surface area contributed by atoms with E-state index in [1.165, 1.54) is 42.7 Å². The first-order valence-corrected chi connectivity index (χ1v) is 9.11. The molecule has 1 amide bonds. The Kier molecular flexibility index (Phi) is 5.77. The first-order chi connectivity index (χ1) is 12.4. The van der Waals surface area contributed by atoms with Crippen LogP contribution >= 0.6 is 11.3 Å². The van der Waals surface area contributed by atoms with Crippen molar-refractivity contribution in [2.45, 2.75) is 32.2 Å². The molecule has 140 valence electrons. The molecule has 1 aliphatic rings. The molecule has 0 unspecified atom stereocenters. The number of likely N-dealkylation sites (tertiary alicyclic amines) is 1. The Morgan fingerprint density at radius 3 is 2.54 bits per heavy atom. The van der Waals surface area contributed by atoms with Gasteiger partial charge in [0.15, 0.2) is 5.13 Å². The number of aromatic nitrogens is 1. The molecule has 0 bridgehead atoms. The number of amides is 1. The lowest BCUT2D eigenvalue weighted by molar-refractivity contribution is -0.274. The third kappa shape index (κ3) is 5.43. The average molecular weight is 385 g/mol. The summed E-state index contributed by atoms with van der Waals surface area (Å²) in [6.07, 6.45) is -1.10. The van der Waals surface area contributed by atoms with Crippen LogP contribution < -0.4 is 10.1 Å². The van der Waals surface area contributed by atoms with E-state index < -0.39 is 12.3 Å². The lowest BCUT2D eigenvalue weighted by Gasteiger charge is -2.25. The van der Waals surface area contributed by atoms with Crippen molar-refractivity contribution in [3.8, 4) is 5.75 Å². The van der Waals surface area contributed by atoms with Gasteiger partial charge in [0.05, 0.1) is 5.69 Å². The van der Waals surface area contributed by atoms with Crippen LogP contribution in [0.1, 0.15) is 35.3 Å². The normalized spacial score (nSPS) is 15.7. The Hall–Kier alpha value is -2.13. The van der Waals surface area contributed by atoms with Crippen molar-refractivity contribution in [1.82, 2.24) is 9.88 Å². The molecule has 26 heavy (non-hydrogen) atoms. The number of ether oxygens (including phenoxy) is 1. The number of anilines is 1. The molecule has 1 aromatic heterocycles. The monoisotopic (exact) mass is 385 g/mol. The van der Waals surface area contributed by atoms with Crippen molar-refractivity contribution in [2.24, 2.45) is 0 Å². The van der Waals surface area contributed by atoms with Gasteiger partial charge in [-0.15, -0.1) is 24.5 Å². The fourth-order valence-electron chi connectivity index (χ4n) is 2.76. The summed E-state index contributed by atoms with van der Waals surface area (Å²) >= 11 is 1.33. The van der Waals surface area contributed by atoms with E-state index in [4.69, 9.17) is 0 Å². The van der Waals surface area contributed by atoms with Gasteiger partial charge >= 0.3 is 6.36 Å². The van der Waals surface area contributed by atoms with Crippen LogP contribution in [0.4, 0.5) is 18.3 Å². The number of nitrogens with one attached hydrogen (secondary N) is 1. The minimum absolute atomic E-state index is 0.229. The second-order valence-corrected chi connectivity index (χ2v) is 6.87. The zero-order chi connectivity index (χ0) is 18.6. The number of carbonyl (C=O) groups excluding carboxylic acids is 1. The van der Waals surface area contributed by atoms with E-state index in [-0.39, 0.29) is 11.3 Å². The summed E-state index contributed by atoms with van der Waals surface area (Å²) in [6, 6.07) is 4.76. The summed E-state index contributed by atoms with van der Waals surface area (Å²) < 4.78 is 40.2. The van der Waals surface area contributed by atoms with Crippen LogP contribution in [-0.4, -0.2) is 35.2 Å². The van der Waals surface area contributed by atoms with Crippen LogP contribution in [-0.2, 0) is 6.54 Å². The number of alkyl halides is 3. The van der Waals surface area contributed by atoms with Gasteiger partial charge in [-0.2, -0.15) is 0 Å².